The number of rotatable bonds is 8. The molecule has 0 aliphatic rings. The Morgan fingerprint density at radius 3 is 2.21 bits per heavy atom. The maximum atomic E-state index is 8.25. The normalized spacial score (nSPS) is 10.3. The molecule has 1 aromatic rings. The number of benzene rings is 1. The first kappa shape index (κ1) is 27.0. The van der Waals surface area contributed by atoms with E-state index in [4.69, 9.17) is 59.4 Å². The van der Waals surface area contributed by atoms with E-state index in [2.05, 4.69) is 0 Å². The van der Waals surface area contributed by atoms with Crippen molar-refractivity contribution in [1.29, 1.82) is 0 Å². The molecule has 0 radical (unpaired) electrons. The van der Waals surface area contributed by atoms with Crippen LogP contribution in [0.15, 0.2) is 23.1 Å². The summed E-state index contributed by atoms with van der Waals surface area (Å²) < 4.78 is 11.1. The molecule has 0 saturated heterocycles. The molecule has 140 valence electrons. The van der Waals surface area contributed by atoms with Gasteiger partial charge < -0.3 is 24.4 Å². The van der Waals surface area contributed by atoms with Gasteiger partial charge in [-0.15, -0.1) is 11.8 Å². The third-order valence-electron chi connectivity index (χ3n) is 1.89. The standard InChI is InChI=1S/C11H15Cl2O2PS3.Fe.NO3/c1-3-14-16(17,15-4-2)19-8-18-11-7-9(12)5-6-10(11)13;;2-1(3)4/h5-7H,3-4,8H2,1-2H3;;/q;;-1. The Hall–Kier alpha value is 0.789. The number of thioether (sulfide) groups is 1. The smallest absolute Gasteiger partial charge is 0.248 e. The summed E-state index contributed by atoms with van der Waals surface area (Å²) in [5.74, 6) is 0. The summed E-state index contributed by atoms with van der Waals surface area (Å²) in [6, 6.07) is 5.41. The first-order valence-corrected chi connectivity index (χ1v) is 12.1. The van der Waals surface area contributed by atoms with Crippen LogP contribution in [0.4, 0.5) is 0 Å². The molecule has 0 spiro atoms. The fourth-order valence-corrected chi connectivity index (χ4v) is 8.71. The van der Waals surface area contributed by atoms with Gasteiger partial charge in [0, 0.05) is 27.0 Å². The number of nitrogens with zero attached hydrogens (tertiary/aromatic N) is 1. The first-order valence-electron chi connectivity index (χ1n) is 6.17. The van der Waals surface area contributed by atoms with E-state index in [0.29, 0.717) is 23.3 Å². The second-order valence-corrected chi connectivity index (χ2v) is 12.0. The molecule has 1 aromatic carbocycles. The summed E-state index contributed by atoms with van der Waals surface area (Å²) in [4.78, 5) is 9.19. The number of hydrogen-bond acceptors (Lipinski definition) is 8. The molecule has 0 saturated carbocycles. The van der Waals surface area contributed by atoms with Crippen molar-refractivity contribution < 1.29 is 31.2 Å². The van der Waals surface area contributed by atoms with Gasteiger partial charge in [-0.25, -0.2) is 0 Å². The van der Waals surface area contributed by atoms with Crippen molar-refractivity contribution in [2.75, 3.05) is 18.3 Å². The maximum Gasteiger partial charge on any atom is 0.248 e. The maximum absolute atomic E-state index is 8.25. The summed E-state index contributed by atoms with van der Waals surface area (Å²) >= 11 is 20.6. The fraction of sp³-hybridized carbons (Fsp3) is 0.455. The van der Waals surface area contributed by atoms with Gasteiger partial charge in [0.05, 0.1) is 28.4 Å². The number of halogens is 2. The zero-order chi connectivity index (χ0) is 17.9. The third kappa shape index (κ3) is 13.1. The van der Waals surface area contributed by atoms with E-state index in [1.165, 1.54) is 11.4 Å². The summed E-state index contributed by atoms with van der Waals surface area (Å²) in [5, 5.41) is 16.8. The molecule has 0 bridgehead atoms. The second-order valence-electron chi connectivity index (χ2n) is 3.47. The van der Waals surface area contributed by atoms with Crippen LogP contribution in [0.1, 0.15) is 13.8 Å². The van der Waals surface area contributed by atoms with E-state index in [0.717, 1.165) is 9.98 Å². The van der Waals surface area contributed by atoms with Crippen molar-refractivity contribution in [2.45, 2.75) is 18.7 Å². The summed E-state index contributed by atoms with van der Waals surface area (Å²) in [5.41, 5.74) is -2.23. The van der Waals surface area contributed by atoms with E-state index in [9.17, 15) is 0 Å². The Bertz CT molecular complexity index is 544. The molecule has 13 heteroatoms. The van der Waals surface area contributed by atoms with Crippen molar-refractivity contribution in [3.63, 3.8) is 0 Å². The Balaban J connectivity index is 0. The molecule has 0 amide bonds. The van der Waals surface area contributed by atoms with Gasteiger partial charge >= 0.3 is 0 Å². The van der Waals surface area contributed by atoms with Gasteiger partial charge in [0.25, 0.3) is 0 Å². The molecule has 0 aliphatic carbocycles. The van der Waals surface area contributed by atoms with Gasteiger partial charge in [0.15, 0.2) is 0 Å². The van der Waals surface area contributed by atoms with Gasteiger partial charge in [0.1, 0.15) is 0 Å². The molecule has 0 heterocycles. The molecule has 0 fully saturated rings. The molecule has 6 nitrogen and oxygen atoms in total. The summed E-state index contributed by atoms with van der Waals surface area (Å²) in [6.45, 7) is 4.96. The topological polar surface area (TPSA) is 84.7 Å². The molecule has 0 atom stereocenters. The first-order chi connectivity index (χ1) is 10.7. The Kier molecular flexibility index (Phi) is 16.8. The van der Waals surface area contributed by atoms with Crippen LogP contribution in [0.2, 0.25) is 10.0 Å². The molecular weight excluding hydrogens is 480 g/mol. The van der Waals surface area contributed by atoms with Gasteiger partial charge in [0.2, 0.25) is 5.69 Å². The van der Waals surface area contributed by atoms with Gasteiger partial charge in [-0.05, 0) is 43.9 Å². The van der Waals surface area contributed by atoms with Crippen LogP contribution >= 0.6 is 52.0 Å². The van der Waals surface area contributed by atoms with Crippen molar-refractivity contribution >= 4 is 63.8 Å². The van der Waals surface area contributed by atoms with E-state index in [-0.39, 0.29) is 17.1 Å². The minimum Gasteiger partial charge on any atom is -0.356 e. The zero-order valence-electron chi connectivity index (χ0n) is 12.6. The van der Waals surface area contributed by atoms with E-state index in [1.54, 1.807) is 23.9 Å². The third-order valence-corrected chi connectivity index (χ3v) is 9.69. The van der Waals surface area contributed by atoms with Crippen molar-refractivity contribution in [3.8, 4) is 0 Å². The van der Waals surface area contributed by atoms with Crippen molar-refractivity contribution in [2.24, 2.45) is 0 Å². The molecule has 0 N–H and O–H groups in total. The largest absolute Gasteiger partial charge is 0.356 e. The van der Waals surface area contributed by atoms with Gasteiger partial charge in [-0.1, -0.05) is 34.6 Å². The van der Waals surface area contributed by atoms with Gasteiger partial charge in [-0.2, -0.15) is 0 Å². The Labute approximate surface area is 174 Å². The van der Waals surface area contributed by atoms with E-state index in [1.807, 2.05) is 19.9 Å². The van der Waals surface area contributed by atoms with E-state index < -0.39 is 10.8 Å². The summed E-state index contributed by atoms with van der Waals surface area (Å²) in [6.07, 6.45) is 0. The molecule has 0 aromatic heterocycles. The zero-order valence-corrected chi connectivity index (χ0v) is 18.6. The molecular formula is C11H15Cl2FeNO5PS3-. The fourth-order valence-electron chi connectivity index (χ4n) is 1.17. The Morgan fingerprint density at radius 2 is 1.75 bits per heavy atom. The van der Waals surface area contributed by atoms with Crippen molar-refractivity contribution in [1.82, 2.24) is 0 Å². The Morgan fingerprint density at radius 1 is 1.25 bits per heavy atom. The van der Waals surface area contributed by atoms with Crippen LogP contribution in [-0.2, 0) is 37.9 Å². The summed E-state index contributed by atoms with van der Waals surface area (Å²) in [7, 11) is 0. The van der Waals surface area contributed by atoms with Crippen LogP contribution in [0.25, 0.3) is 0 Å². The van der Waals surface area contributed by atoms with Crippen LogP contribution in [-0.4, -0.2) is 23.4 Å². The van der Waals surface area contributed by atoms with Gasteiger partial charge in [-0.3, -0.25) is 0 Å². The average molecular weight is 495 g/mol. The minimum atomic E-state index is -2.23. The van der Waals surface area contributed by atoms with E-state index >= 15 is 0 Å². The van der Waals surface area contributed by atoms with Crippen LogP contribution in [0.5, 0.6) is 0 Å². The quantitative estimate of drug-likeness (QED) is 0.111. The molecule has 0 unspecified atom stereocenters. The molecule has 0 aliphatic heterocycles. The predicted octanol–water partition coefficient (Wildman–Crippen LogP) is 5.83. The van der Waals surface area contributed by atoms with Crippen molar-refractivity contribution in [3.05, 3.63) is 43.6 Å². The predicted molar refractivity (Wildman–Crippen MR) is 103 cm³/mol. The minimum absolute atomic E-state index is 0. The van der Waals surface area contributed by atoms with Crippen LogP contribution in [0.3, 0.4) is 0 Å². The second kappa shape index (κ2) is 14.9. The molecule has 24 heavy (non-hydrogen) atoms. The molecule has 1 rings (SSSR count). The monoisotopic (exact) mass is 494 g/mol. The van der Waals surface area contributed by atoms with Crippen LogP contribution < -0.4 is 0 Å². The average Bonchev–Trinajstić information content (AvgIpc) is 2.42. The number of hydrogen-bond donors (Lipinski definition) is 0. The van der Waals surface area contributed by atoms with Crippen LogP contribution in [0, 0.1) is 15.3 Å². The SMILES string of the molecule is CCOP(=S)(OCC)SCSc1cc(Cl)ccc1Cl.O=[N+]([O-])[O-].[Fe].